The molecule has 1 heterocycles. The van der Waals surface area contributed by atoms with E-state index in [0.29, 0.717) is 50.6 Å². The van der Waals surface area contributed by atoms with Gasteiger partial charge in [0.25, 0.3) is 0 Å². The maximum atomic E-state index is 11.4. The molecule has 0 aliphatic carbocycles. The van der Waals surface area contributed by atoms with Gasteiger partial charge in [-0.1, -0.05) is 30.3 Å². The molecule has 0 fully saturated rings. The smallest absolute Gasteiger partial charge is 0.309 e. The molecule has 0 aliphatic heterocycles. The maximum Gasteiger partial charge on any atom is 0.309 e. The number of carboxylic acid groups (broad SMARTS) is 1. The second kappa shape index (κ2) is 15.4. The third kappa shape index (κ3) is 8.21. The Morgan fingerprint density at radius 1 is 0.854 bits per heavy atom. The molecule has 0 radical (unpaired) electrons. The van der Waals surface area contributed by atoms with E-state index in [9.17, 15) is 15.0 Å². The number of rotatable bonds is 17. The molecule has 1 aromatic heterocycles. The summed E-state index contributed by atoms with van der Waals surface area (Å²) in [5, 5.41) is 25.2. The zero-order chi connectivity index (χ0) is 34.3. The van der Waals surface area contributed by atoms with Crippen molar-refractivity contribution in [1.82, 2.24) is 10.3 Å². The molecular formula is C39H46N2O7. The highest BCUT2D eigenvalue weighted by atomic mass is 16.5. The first-order valence-electron chi connectivity index (χ1n) is 16.4. The number of hydrogen-bond donors (Lipinski definition) is 4. The number of para-hydroxylation sites is 1. The van der Waals surface area contributed by atoms with Crippen LogP contribution in [0, 0.1) is 19.3 Å². The molecule has 1 unspecified atom stereocenters. The number of nitrogens with one attached hydrogen (secondary N) is 2. The monoisotopic (exact) mass is 654 g/mol. The second-order valence-corrected chi connectivity index (χ2v) is 12.8. The topological polar surface area (TPSA) is 122 Å². The number of aromatic amines is 1. The third-order valence-electron chi connectivity index (χ3n) is 8.62. The van der Waals surface area contributed by atoms with Crippen LogP contribution in [-0.2, 0) is 4.79 Å². The first-order valence-corrected chi connectivity index (χ1v) is 16.4. The van der Waals surface area contributed by atoms with Crippen LogP contribution in [0.4, 0.5) is 0 Å². The fourth-order valence-electron chi connectivity index (χ4n) is 5.75. The highest BCUT2D eigenvalue weighted by Gasteiger charge is 2.26. The molecule has 9 heteroatoms. The molecule has 4 aromatic carbocycles. The van der Waals surface area contributed by atoms with E-state index in [-0.39, 0.29) is 6.61 Å². The van der Waals surface area contributed by atoms with Gasteiger partial charge in [0.05, 0.1) is 24.6 Å². The third-order valence-corrected chi connectivity index (χ3v) is 8.62. The van der Waals surface area contributed by atoms with E-state index >= 15 is 0 Å². The van der Waals surface area contributed by atoms with Crippen LogP contribution in [0.3, 0.4) is 0 Å². The number of aliphatic hydroxyl groups excluding tert-OH is 1. The lowest BCUT2D eigenvalue weighted by Crippen LogP contribution is -2.33. The number of carboxylic acids is 1. The molecule has 0 spiro atoms. The Morgan fingerprint density at radius 2 is 1.62 bits per heavy atom. The van der Waals surface area contributed by atoms with Crippen molar-refractivity contribution >= 4 is 27.8 Å². The normalized spacial score (nSPS) is 12.3. The summed E-state index contributed by atoms with van der Waals surface area (Å²) in [5.74, 6) is 2.01. The summed E-state index contributed by atoms with van der Waals surface area (Å²) in [6.45, 7) is 9.44. The van der Waals surface area contributed by atoms with Gasteiger partial charge >= 0.3 is 5.97 Å². The quantitative estimate of drug-likeness (QED) is 0.0772. The van der Waals surface area contributed by atoms with E-state index in [4.69, 9.17) is 18.9 Å². The van der Waals surface area contributed by atoms with E-state index in [2.05, 4.69) is 22.4 Å². The molecule has 0 saturated carbocycles. The summed E-state index contributed by atoms with van der Waals surface area (Å²) in [4.78, 5) is 14.8. The van der Waals surface area contributed by atoms with E-state index in [0.717, 1.165) is 55.6 Å². The van der Waals surface area contributed by atoms with Crippen molar-refractivity contribution < 1.29 is 34.0 Å². The maximum absolute atomic E-state index is 11.4. The summed E-state index contributed by atoms with van der Waals surface area (Å²) in [6, 6.07) is 24.0. The molecular weight excluding hydrogens is 608 g/mol. The SMILES string of the molecule is COc1cc(-c2cc(C)c(OCCCC(C)(C)C(=O)O)cc2C)ccc1OCCNCC(O)COc1cccc2[nH]c3ccccc3c12. The Morgan fingerprint density at radius 3 is 2.42 bits per heavy atom. The lowest BCUT2D eigenvalue weighted by Gasteiger charge is -2.19. The van der Waals surface area contributed by atoms with E-state index in [1.807, 2.05) is 74.5 Å². The van der Waals surface area contributed by atoms with Crippen LogP contribution >= 0.6 is 0 Å². The Hall–Kier alpha value is -4.73. The number of hydrogen-bond acceptors (Lipinski definition) is 7. The van der Waals surface area contributed by atoms with E-state index < -0.39 is 17.5 Å². The van der Waals surface area contributed by atoms with Gasteiger partial charge in [-0.15, -0.1) is 0 Å². The number of aliphatic hydroxyl groups is 1. The summed E-state index contributed by atoms with van der Waals surface area (Å²) in [6.07, 6.45) is 0.517. The predicted octanol–water partition coefficient (Wildman–Crippen LogP) is 7.29. The first-order chi connectivity index (χ1) is 23.1. The van der Waals surface area contributed by atoms with Crippen molar-refractivity contribution in [2.45, 2.75) is 46.6 Å². The molecule has 0 aliphatic rings. The molecule has 5 rings (SSSR count). The first kappa shape index (κ1) is 34.6. The minimum Gasteiger partial charge on any atom is -0.493 e. The number of aromatic nitrogens is 1. The van der Waals surface area contributed by atoms with Crippen molar-refractivity contribution in [2.24, 2.45) is 5.41 Å². The van der Waals surface area contributed by atoms with Crippen molar-refractivity contribution in [3.05, 3.63) is 83.9 Å². The summed E-state index contributed by atoms with van der Waals surface area (Å²) in [7, 11) is 1.62. The largest absolute Gasteiger partial charge is 0.493 e. The highest BCUT2D eigenvalue weighted by Crippen LogP contribution is 2.37. The van der Waals surface area contributed by atoms with Gasteiger partial charge in [0.1, 0.15) is 30.8 Å². The summed E-state index contributed by atoms with van der Waals surface area (Å²) >= 11 is 0. The van der Waals surface area contributed by atoms with E-state index in [1.165, 1.54) is 0 Å². The van der Waals surface area contributed by atoms with Gasteiger partial charge in [0.2, 0.25) is 0 Å². The van der Waals surface area contributed by atoms with Crippen LogP contribution in [0.15, 0.2) is 72.8 Å². The summed E-state index contributed by atoms with van der Waals surface area (Å²) < 4.78 is 23.7. The number of ether oxygens (including phenoxy) is 4. The average Bonchev–Trinajstić information content (AvgIpc) is 3.46. The number of aliphatic carboxylic acids is 1. The molecule has 9 nitrogen and oxygen atoms in total. The van der Waals surface area contributed by atoms with Gasteiger partial charge < -0.3 is 39.5 Å². The predicted molar refractivity (Wildman–Crippen MR) is 190 cm³/mol. The molecule has 1 atom stereocenters. The lowest BCUT2D eigenvalue weighted by atomic mass is 9.88. The number of methoxy groups -OCH3 is 1. The number of aryl methyl sites for hydroxylation is 2. The molecule has 0 saturated heterocycles. The van der Waals surface area contributed by atoms with Crippen LogP contribution < -0.4 is 24.3 Å². The van der Waals surface area contributed by atoms with Crippen molar-refractivity contribution in [3.8, 4) is 34.1 Å². The van der Waals surface area contributed by atoms with Gasteiger partial charge in [0, 0.05) is 29.4 Å². The van der Waals surface area contributed by atoms with Crippen LogP contribution in [0.1, 0.15) is 37.8 Å². The lowest BCUT2D eigenvalue weighted by molar-refractivity contribution is -0.147. The van der Waals surface area contributed by atoms with Crippen LogP contribution in [0.25, 0.3) is 32.9 Å². The molecule has 0 amide bonds. The number of benzene rings is 4. The minimum atomic E-state index is -0.796. The van der Waals surface area contributed by atoms with Crippen LogP contribution in [-0.4, -0.2) is 67.3 Å². The van der Waals surface area contributed by atoms with Crippen LogP contribution in [0.5, 0.6) is 23.0 Å². The number of fused-ring (bicyclic) bond motifs is 3. The molecule has 0 bridgehead atoms. The summed E-state index contributed by atoms with van der Waals surface area (Å²) in [5.41, 5.74) is 5.41. The van der Waals surface area contributed by atoms with E-state index in [1.54, 1.807) is 21.0 Å². The Labute approximate surface area is 281 Å². The minimum absolute atomic E-state index is 0.166. The van der Waals surface area contributed by atoms with Crippen molar-refractivity contribution in [2.75, 3.05) is 40.0 Å². The second-order valence-electron chi connectivity index (χ2n) is 12.8. The molecule has 4 N–H and O–H groups in total. The fraction of sp³-hybridized carbons (Fsp3) is 0.359. The highest BCUT2D eigenvalue weighted by molar-refractivity contribution is 6.10. The molecule has 254 valence electrons. The van der Waals surface area contributed by atoms with Gasteiger partial charge in [-0.05, 0) is 105 Å². The van der Waals surface area contributed by atoms with Gasteiger partial charge in [-0.3, -0.25) is 4.79 Å². The number of H-pyrrole nitrogens is 1. The molecule has 48 heavy (non-hydrogen) atoms. The Kier molecular flexibility index (Phi) is 11.1. The number of carbonyl (C=O) groups is 1. The Bertz CT molecular complexity index is 1860. The molecule has 5 aromatic rings. The average molecular weight is 655 g/mol. The zero-order valence-corrected chi connectivity index (χ0v) is 28.4. The fourth-order valence-corrected chi connectivity index (χ4v) is 5.75. The van der Waals surface area contributed by atoms with Gasteiger partial charge in [0.15, 0.2) is 11.5 Å². The van der Waals surface area contributed by atoms with Crippen molar-refractivity contribution in [3.63, 3.8) is 0 Å². The Balaban J connectivity index is 1.09. The van der Waals surface area contributed by atoms with Gasteiger partial charge in [-0.25, -0.2) is 0 Å². The van der Waals surface area contributed by atoms with Gasteiger partial charge in [-0.2, -0.15) is 0 Å². The zero-order valence-electron chi connectivity index (χ0n) is 28.4. The van der Waals surface area contributed by atoms with Crippen LogP contribution in [0.2, 0.25) is 0 Å². The van der Waals surface area contributed by atoms with Crippen molar-refractivity contribution in [1.29, 1.82) is 0 Å². The standard InChI is InChI=1S/C39H46N2O7/c1-25-21-35(46-18-9-16-39(3,4)38(43)44)26(2)20-30(25)27-14-15-33(36(22-27)45-5)47-19-17-40-23-28(42)24-48-34-13-8-12-32-37(34)29-10-6-7-11-31(29)41-32/h6-8,10-15,20-22,28,40-42H,9,16-19,23-24H2,1-5H3,(H,43,44).